The molecule has 17 heavy (non-hydrogen) atoms. The number of ether oxygens (including phenoxy) is 1. The summed E-state index contributed by atoms with van der Waals surface area (Å²) < 4.78 is 5.99. The Bertz CT molecular complexity index is 567. The quantitative estimate of drug-likeness (QED) is 0.793. The summed E-state index contributed by atoms with van der Waals surface area (Å²) in [5.41, 5.74) is 2.34. The van der Waals surface area contributed by atoms with Crippen molar-refractivity contribution in [3.8, 4) is 5.75 Å². The van der Waals surface area contributed by atoms with Crippen molar-refractivity contribution in [1.29, 1.82) is 0 Å². The first-order valence-corrected chi connectivity index (χ1v) is 6.90. The molecule has 0 aliphatic carbocycles. The molecule has 2 heterocycles. The highest BCUT2D eigenvalue weighted by molar-refractivity contribution is 8.00. The van der Waals surface area contributed by atoms with Gasteiger partial charge < -0.3 is 4.74 Å². The molecule has 0 fully saturated rings. The highest BCUT2D eigenvalue weighted by Crippen LogP contribution is 2.47. The van der Waals surface area contributed by atoms with Gasteiger partial charge in [0, 0.05) is 5.39 Å². The molecule has 1 aromatic heterocycles. The molecular weight excluding hydrogens is 230 g/mol. The second-order valence-corrected chi connectivity index (χ2v) is 5.50. The third-order valence-corrected chi connectivity index (χ3v) is 4.23. The minimum atomic E-state index is 0.265. The Hall–Kier alpha value is -1.22. The van der Waals surface area contributed by atoms with Crippen LogP contribution >= 0.6 is 11.8 Å². The van der Waals surface area contributed by atoms with Gasteiger partial charge in [-0.1, -0.05) is 43.3 Å². The van der Waals surface area contributed by atoms with Crippen LogP contribution in [0.4, 0.5) is 0 Å². The molecule has 1 aromatic carbocycles. The number of para-hydroxylation sites is 1. The number of benzene rings is 1. The van der Waals surface area contributed by atoms with Gasteiger partial charge in [-0.2, -0.15) is 0 Å². The lowest BCUT2D eigenvalue weighted by molar-refractivity contribution is 0.280. The summed E-state index contributed by atoms with van der Waals surface area (Å²) in [6.45, 7) is 4.22. The predicted octanol–water partition coefficient (Wildman–Crippen LogP) is 4.15. The lowest BCUT2D eigenvalue weighted by atomic mass is 10.2. The van der Waals surface area contributed by atoms with Gasteiger partial charge in [-0.15, -0.1) is 0 Å². The fourth-order valence-electron chi connectivity index (χ4n) is 2.18. The standard InChI is InChI=1S/C14H15NOS/c1-3-6-12-16-13-9(2)15-11-8-5-4-7-10(11)14(13)17-12/h4-5,7-8,12H,3,6H2,1-2H3. The molecule has 0 spiro atoms. The molecule has 1 unspecified atom stereocenters. The van der Waals surface area contributed by atoms with E-state index in [9.17, 15) is 0 Å². The zero-order chi connectivity index (χ0) is 11.8. The SMILES string of the molecule is CCCC1Oc2c(C)nc3ccccc3c2S1. The number of aromatic nitrogens is 1. The number of hydrogen-bond acceptors (Lipinski definition) is 3. The average Bonchev–Trinajstić information content (AvgIpc) is 2.74. The molecule has 0 bridgehead atoms. The molecule has 0 saturated carbocycles. The van der Waals surface area contributed by atoms with E-state index in [0.29, 0.717) is 0 Å². The van der Waals surface area contributed by atoms with Crippen LogP contribution < -0.4 is 4.74 Å². The van der Waals surface area contributed by atoms with Crippen LogP contribution in [0.25, 0.3) is 10.9 Å². The molecule has 2 nitrogen and oxygen atoms in total. The number of fused-ring (bicyclic) bond motifs is 3. The second-order valence-electron chi connectivity index (χ2n) is 4.33. The molecule has 3 heteroatoms. The summed E-state index contributed by atoms with van der Waals surface area (Å²) in [5, 5.41) is 1.22. The summed E-state index contributed by atoms with van der Waals surface area (Å²) in [5.74, 6) is 0.993. The van der Waals surface area contributed by atoms with Crippen molar-refractivity contribution >= 4 is 22.7 Å². The van der Waals surface area contributed by atoms with Crippen LogP contribution in [0, 0.1) is 6.92 Å². The van der Waals surface area contributed by atoms with Crippen molar-refractivity contribution in [3.05, 3.63) is 30.0 Å². The van der Waals surface area contributed by atoms with Crippen molar-refractivity contribution in [2.24, 2.45) is 0 Å². The third kappa shape index (κ3) is 1.78. The maximum absolute atomic E-state index is 5.99. The first-order valence-electron chi connectivity index (χ1n) is 6.02. The van der Waals surface area contributed by atoms with Crippen LogP contribution in [0.5, 0.6) is 5.75 Å². The van der Waals surface area contributed by atoms with Crippen LogP contribution in [0.1, 0.15) is 25.5 Å². The smallest absolute Gasteiger partial charge is 0.156 e. The molecule has 88 valence electrons. The van der Waals surface area contributed by atoms with Gasteiger partial charge in [-0.3, -0.25) is 0 Å². The molecule has 0 saturated heterocycles. The number of nitrogens with zero attached hydrogens (tertiary/aromatic N) is 1. The van der Waals surface area contributed by atoms with E-state index >= 15 is 0 Å². The van der Waals surface area contributed by atoms with E-state index in [2.05, 4.69) is 30.1 Å². The minimum absolute atomic E-state index is 0.265. The Morgan fingerprint density at radius 3 is 3.00 bits per heavy atom. The molecule has 3 rings (SSSR count). The van der Waals surface area contributed by atoms with Crippen LogP contribution in [0.2, 0.25) is 0 Å². The molecule has 1 aliphatic rings. The predicted molar refractivity (Wildman–Crippen MR) is 71.7 cm³/mol. The fourth-order valence-corrected chi connectivity index (χ4v) is 3.54. The van der Waals surface area contributed by atoms with Crippen molar-refractivity contribution in [1.82, 2.24) is 4.98 Å². The summed E-state index contributed by atoms with van der Waals surface area (Å²) in [6, 6.07) is 8.29. The highest BCUT2D eigenvalue weighted by Gasteiger charge is 2.27. The zero-order valence-electron chi connectivity index (χ0n) is 10.1. The monoisotopic (exact) mass is 245 g/mol. The largest absolute Gasteiger partial charge is 0.476 e. The molecule has 1 aliphatic heterocycles. The van der Waals surface area contributed by atoms with E-state index < -0.39 is 0 Å². The fraction of sp³-hybridized carbons (Fsp3) is 0.357. The Kier molecular flexibility index (Phi) is 2.71. The van der Waals surface area contributed by atoms with E-state index in [0.717, 1.165) is 29.8 Å². The lowest BCUT2D eigenvalue weighted by Crippen LogP contribution is -2.06. The molecule has 1 atom stereocenters. The number of rotatable bonds is 2. The van der Waals surface area contributed by atoms with Gasteiger partial charge in [0.2, 0.25) is 0 Å². The first kappa shape index (κ1) is 10.9. The number of pyridine rings is 1. The number of aryl methyl sites for hydroxylation is 1. The van der Waals surface area contributed by atoms with E-state index in [4.69, 9.17) is 4.74 Å². The molecule has 0 amide bonds. The van der Waals surface area contributed by atoms with E-state index in [1.165, 1.54) is 10.3 Å². The van der Waals surface area contributed by atoms with Crippen LogP contribution in [-0.4, -0.2) is 10.4 Å². The van der Waals surface area contributed by atoms with Gasteiger partial charge in [-0.05, 0) is 19.4 Å². The van der Waals surface area contributed by atoms with Crippen LogP contribution in [-0.2, 0) is 0 Å². The van der Waals surface area contributed by atoms with E-state index in [1.54, 1.807) is 0 Å². The van der Waals surface area contributed by atoms with Crippen LogP contribution in [0.15, 0.2) is 29.2 Å². The topological polar surface area (TPSA) is 22.1 Å². The Labute approximate surface area is 105 Å². The van der Waals surface area contributed by atoms with E-state index in [1.807, 2.05) is 24.8 Å². The van der Waals surface area contributed by atoms with Crippen LogP contribution in [0.3, 0.4) is 0 Å². The molecule has 2 aromatic rings. The minimum Gasteiger partial charge on any atom is -0.476 e. The molecular formula is C14H15NOS. The van der Waals surface area contributed by atoms with Gasteiger partial charge in [0.05, 0.1) is 16.1 Å². The van der Waals surface area contributed by atoms with Crippen molar-refractivity contribution < 1.29 is 4.74 Å². The normalized spacial score (nSPS) is 18.1. The van der Waals surface area contributed by atoms with Gasteiger partial charge in [0.25, 0.3) is 0 Å². The second kappa shape index (κ2) is 4.22. The van der Waals surface area contributed by atoms with Gasteiger partial charge in [0.15, 0.2) is 5.75 Å². The number of thioether (sulfide) groups is 1. The Morgan fingerprint density at radius 2 is 2.18 bits per heavy atom. The third-order valence-electron chi connectivity index (χ3n) is 2.99. The Morgan fingerprint density at radius 1 is 1.35 bits per heavy atom. The van der Waals surface area contributed by atoms with Crippen molar-refractivity contribution in [3.63, 3.8) is 0 Å². The molecule has 0 radical (unpaired) electrons. The van der Waals surface area contributed by atoms with Gasteiger partial charge in [0.1, 0.15) is 5.44 Å². The zero-order valence-corrected chi connectivity index (χ0v) is 10.9. The molecule has 0 N–H and O–H groups in total. The van der Waals surface area contributed by atoms with E-state index in [-0.39, 0.29) is 5.44 Å². The van der Waals surface area contributed by atoms with Crippen molar-refractivity contribution in [2.75, 3.05) is 0 Å². The lowest BCUT2D eigenvalue weighted by Gasteiger charge is -2.08. The summed E-state index contributed by atoms with van der Waals surface area (Å²) in [7, 11) is 0. The maximum Gasteiger partial charge on any atom is 0.156 e. The van der Waals surface area contributed by atoms with Crippen molar-refractivity contribution in [2.45, 2.75) is 37.0 Å². The van der Waals surface area contributed by atoms with Gasteiger partial charge in [-0.25, -0.2) is 4.98 Å². The van der Waals surface area contributed by atoms with Gasteiger partial charge >= 0.3 is 0 Å². The summed E-state index contributed by atoms with van der Waals surface area (Å²) in [6.07, 6.45) is 2.24. The average molecular weight is 245 g/mol. The summed E-state index contributed by atoms with van der Waals surface area (Å²) in [4.78, 5) is 5.87. The first-order chi connectivity index (χ1) is 8.29. The number of hydrogen-bond donors (Lipinski definition) is 0. The summed E-state index contributed by atoms with van der Waals surface area (Å²) >= 11 is 1.84. The Balaban J connectivity index is 2.14. The highest BCUT2D eigenvalue weighted by atomic mass is 32.2. The maximum atomic E-state index is 5.99.